The van der Waals surface area contributed by atoms with Gasteiger partial charge in [-0.1, -0.05) is 18.2 Å². The molecule has 1 aromatic carbocycles. The van der Waals surface area contributed by atoms with Crippen molar-refractivity contribution in [3.63, 3.8) is 0 Å². The van der Waals surface area contributed by atoms with E-state index in [1.807, 2.05) is 12.1 Å². The number of rotatable bonds is 4. The van der Waals surface area contributed by atoms with Crippen molar-refractivity contribution in [3.8, 4) is 5.75 Å². The molecule has 3 heterocycles. The molecule has 148 valence electrons. The van der Waals surface area contributed by atoms with Crippen LogP contribution >= 0.6 is 0 Å². The quantitative estimate of drug-likeness (QED) is 0.795. The molecule has 8 heteroatoms. The van der Waals surface area contributed by atoms with E-state index < -0.39 is 18.0 Å². The highest BCUT2D eigenvalue weighted by molar-refractivity contribution is 5.98. The van der Waals surface area contributed by atoms with Gasteiger partial charge in [-0.25, -0.2) is 9.59 Å². The molecule has 3 amide bonds. The van der Waals surface area contributed by atoms with Crippen LogP contribution in [0.15, 0.2) is 35.5 Å². The largest absolute Gasteiger partial charge is 0.496 e. The summed E-state index contributed by atoms with van der Waals surface area (Å²) in [6.45, 7) is 1.30. The van der Waals surface area contributed by atoms with E-state index in [4.69, 9.17) is 9.47 Å². The summed E-state index contributed by atoms with van der Waals surface area (Å²) in [5.74, 6) is -0.0321. The number of para-hydroxylation sites is 1. The highest BCUT2D eigenvalue weighted by Gasteiger charge is 2.43. The molecule has 3 aliphatic heterocycles. The zero-order valence-electron chi connectivity index (χ0n) is 15.8. The van der Waals surface area contributed by atoms with Crippen molar-refractivity contribution in [2.75, 3.05) is 33.4 Å². The van der Waals surface area contributed by atoms with Crippen LogP contribution in [0.3, 0.4) is 0 Å². The Bertz CT molecular complexity index is 844. The van der Waals surface area contributed by atoms with Crippen LogP contribution < -0.4 is 10.1 Å². The van der Waals surface area contributed by atoms with E-state index in [9.17, 15) is 14.4 Å². The van der Waals surface area contributed by atoms with Gasteiger partial charge in [0.05, 0.1) is 24.4 Å². The number of nitrogens with one attached hydrogen (secondary N) is 1. The zero-order chi connectivity index (χ0) is 19.7. The lowest BCUT2D eigenvalue weighted by Crippen LogP contribution is -2.51. The average molecular weight is 385 g/mol. The number of esters is 1. The van der Waals surface area contributed by atoms with Gasteiger partial charge >= 0.3 is 12.0 Å². The topological polar surface area (TPSA) is 88.2 Å². The third kappa shape index (κ3) is 3.19. The Balaban J connectivity index is 1.65. The fraction of sp³-hybridized carbons (Fsp3) is 0.450. The van der Waals surface area contributed by atoms with Gasteiger partial charge in [0.2, 0.25) is 5.91 Å². The number of ether oxygens (including phenoxy) is 2. The fourth-order valence-electron chi connectivity index (χ4n) is 4.00. The first-order valence-electron chi connectivity index (χ1n) is 9.49. The van der Waals surface area contributed by atoms with Crippen molar-refractivity contribution >= 4 is 17.9 Å². The molecule has 1 unspecified atom stereocenters. The summed E-state index contributed by atoms with van der Waals surface area (Å²) in [4.78, 5) is 41.1. The molecule has 3 aliphatic rings. The van der Waals surface area contributed by atoms with Crippen molar-refractivity contribution in [1.82, 2.24) is 15.1 Å². The number of nitrogens with zero attached hydrogens (tertiary/aromatic N) is 2. The molecule has 1 atom stereocenters. The lowest BCUT2D eigenvalue weighted by atomic mass is 9.95. The predicted octanol–water partition coefficient (Wildman–Crippen LogP) is 1.58. The molecule has 28 heavy (non-hydrogen) atoms. The number of benzene rings is 1. The number of methoxy groups -OCH3 is 1. The molecule has 8 nitrogen and oxygen atoms in total. The smallest absolute Gasteiger partial charge is 0.338 e. The summed E-state index contributed by atoms with van der Waals surface area (Å²) in [5.41, 5.74) is 1.48. The maximum Gasteiger partial charge on any atom is 0.338 e. The molecule has 1 saturated heterocycles. The van der Waals surface area contributed by atoms with Crippen LogP contribution in [-0.2, 0) is 14.3 Å². The number of likely N-dealkylation sites (tertiary alicyclic amines) is 1. The second-order valence-corrected chi connectivity index (χ2v) is 7.09. The standard InChI is InChI=1S/C20H23N3O5/c1-27-15-8-4-3-7-13(15)18-17-14(12-28-19(17)25)23(20(26)21-18)11-16(24)22-9-5-2-6-10-22/h3-4,7-8,18H,2,5-6,9-12H2,1H3,(H,21,26). The number of hydrogen-bond acceptors (Lipinski definition) is 5. The summed E-state index contributed by atoms with van der Waals surface area (Å²) in [6, 6.07) is 6.12. The average Bonchev–Trinajstić information content (AvgIpc) is 3.12. The normalized spacial score (nSPS) is 22.0. The van der Waals surface area contributed by atoms with Gasteiger partial charge in [0.1, 0.15) is 18.9 Å². The van der Waals surface area contributed by atoms with Crippen LogP contribution in [0.1, 0.15) is 30.9 Å². The summed E-state index contributed by atoms with van der Waals surface area (Å²) >= 11 is 0. The van der Waals surface area contributed by atoms with E-state index in [0.717, 1.165) is 19.3 Å². The molecular formula is C20H23N3O5. The number of amides is 3. The number of cyclic esters (lactones) is 1. The van der Waals surface area contributed by atoms with Gasteiger partial charge in [-0.2, -0.15) is 0 Å². The Kier molecular flexibility index (Phi) is 4.93. The molecule has 1 N–H and O–H groups in total. The lowest BCUT2D eigenvalue weighted by molar-refractivity contribution is -0.136. The van der Waals surface area contributed by atoms with Gasteiger partial charge < -0.3 is 19.7 Å². The fourth-order valence-corrected chi connectivity index (χ4v) is 4.00. The molecular weight excluding hydrogens is 362 g/mol. The van der Waals surface area contributed by atoms with E-state index >= 15 is 0 Å². The Morgan fingerprint density at radius 1 is 1.21 bits per heavy atom. The summed E-state index contributed by atoms with van der Waals surface area (Å²) in [7, 11) is 1.54. The number of piperidine rings is 1. The van der Waals surface area contributed by atoms with Gasteiger partial charge in [0.25, 0.3) is 0 Å². The first kappa shape index (κ1) is 18.3. The van der Waals surface area contributed by atoms with Crippen LogP contribution in [0, 0.1) is 0 Å². The third-order valence-electron chi connectivity index (χ3n) is 5.45. The van der Waals surface area contributed by atoms with Crippen LogP contribution in [-0.4, -0.2) is 61.1 Å². The maximum absolute atomic E-state index is 12.8. The Labute approximate surface area is 163 Å². The summed E-state index contributed by atoms with van der Waals surface area (Å²) in [6.07, 6.45) is 3.07. The number of hydrogen-bond donors (Lipinski definition) is 1. The number of carbonyl (C=O) groups excluding carboxylic acids is 3. The van der Waals surface area contributed by atoms with Gasteiger partial charge in [0.15, 0.2) is 0 Å². The van der Waals surface area contributed by atoms with Crippen LogP contribution in [0.25, 0.3) is 0 Å². The first-order valence-corrected chi connectivity index (χ1v) is 9.49. The lowest BCUT2D eigenvalue weighted by Gasteiger charge is -2.35. The van der Waals surface area contributed by atoms with E-state index in [1.165, 1.54) is 12.0 Å². The molecule has 1 fully saturated rings. The highest BCUT2D eigenvalue weighted by Crippen LogP contribution is 2.38. The van der Waals surface area contributed by atoms with E-state index in [2.05, 4.69) is 5.32 Å². The molecule has 1 aromatic rings. The predicted molar refractivity (Wildman–Crippen MR) is 99.4 cm³/mol. The van der Waals surface area contributed by atoms with Crippen molar-refractivity contribution in [3.05, 3.63) is 41.1 Å². The first-order chi connectivity index (χ1) is 13.6. The van der Waals surface area contributed by atoms with Crippen LogP contribution in [0.2, 0.25) is 0 Å². The van der Waals surface area contributed by atoms with Crippen LogP contribution in [0.4, 0.5) is 4.79 Å². The van der Waals surface area contributed by atoms with Crippen LogP contribution in [0.5, 0.6) is 5.75 Å². The van der Waals surface area contributed by atoms with Gasteiger partial charge in [-0.15, -0.1) is 0 Å². The second-order valence-electron chi connectivity index (χ2n) is 7.09. The molecule has 0 spiro atoms. The van der Waals surface area contributed by atoms with Crippen molar-refractivity contribution in [2.45, 2.75) is 25.3 Å². The third-order valence-corrected chi connectivity index (χ3v) is 5.45. The van der Waals surface area contributed by atoms with Crippen molar-refractivity contribution < 1.29 is 23.9 Å². The number of urea groups is 1. The minimum atomic E-state index is -0.671. The molecule has 0 bridgehead atoms. The van der Waals surface area contributed by atoms with E-state index in [1.54, 1.807) is 17.0 Å². The zero-order valence-corrected chi connectivity index (χ0v) is 15.8. The monoisotopic (exact) mass is 385 g/mol. The molecule has 0 saturated carbocycles. The minimum absolute atomic E-state index is 0.0134. The van der Waals surface area contributed by atoms with Crippen molar-refractivity contribution in [2.24, 2.45) is 0 Å². The molecule has 4 rings (SSSR count). The summed E-state index contributed by atoms with van der Waals surface area (Å²) < 4.78 is 10.6. The summed E-state index contributed by atoms with van der Waals surface area (Å²) in [5, 5.41) is 2.85. The van der Waals surface area contributed by atoms with E-state index in [-0.39, 0.29) is 19.1 Å². The maximum atomic E-state index is 12.8. The Morgan fingerprint density at radius 3 is 2.71 bits per heavy atom. The Hall–Kier alpha value is -3.03. The Morgan fingerprint density at radius 2 is 1.96 bits per heavy atom. The van der Waals surface area contributed by atoms with Gasteiger partial charge in [-0.05, 0) is 25.3 Å². The second kappa shape index (κ2) is 7.53. The van der Waals surface area contributed by atoms with E-state index in [0.29, 0.717) is 35.7 Å². The van der Waals surface area contributed by atoms with Gasteiger partial charge in [0, 0.05) is 18.7 Å². The van der Waals surface area contributed by atoms with Crippen molar-refractivity contribution in [1.29, 1.82) is 0 Å². The minimum Gasteiger partial charge on any atom is -0.496 e. The highest BCUT2D eigenvalue weighted by atomic mass is 16.5. The molecule has 0 radical (unpaired) electrons. The molecule has 0 aliphatic carbocycles. The van der Waals surface area contributed by atoms with Gasteiger partial charge in [-0.3, -0.25) is 9.69 Å². The molecule has 0 aromatic heterocycles. The number of carbonyl (C=O) groups is 3. The SMILES string of the molecule is COc1ccccc1C1NC(=O)N(CC(=O)N2CCCCC2)C2=C1C(=O)OC2.